The maximum Gasteiger partial charge on any atom is 0.211 e. The molecule has 253 valence electrons. The van der Waals surface area contributed by atoms with E-state index in [4.69, 9.17) is 18.5 Å². The second kappa shape index (κ2) is 14.7. The summed E-state index contributed by atoms with van der Waals surface area (Å²) in [6.07, 6.45) is 5.10. The summed E-state index contributed by atoms with van der Waals surface area (Å²) < 4.78 is 42.9. The SMILES string of the molecule is CC(C)c1cccc(C(C)C)c1-c1ccnc(-c2[c-]ccc3c2oc2c([Si](C)(C)C)ncn23)c1.[2H]C([2H])([2H])c1ccc(-c2[c-]cc(F)cc2)nc1.[Ir]. The third kappa shape index (κ3) is 7.52. The Balaban J connectivity index is 0.000000245. The van der Waals surface area contributed by atoms with E-state index in [-0.39, 0.29) is 31.5 Å². The zero-order chi connectivity index (χ0) is 36.7. The van der Waals surface area contributed by atoms with E-state index < -0.39 is 14.9 Å². The Labute approximate surface area is 307 Å². The third-order valence-electron chi connectivity index (χ3n) is 8.31. The zero-order valence-electron chi connectivity index (χ0n) is 31.7. The van der Waals surface area contributed by atoms with Crippen LogP contribution in [-0.2, 0) is 20.1 Å². The normalized spacial score (nSPS) is 12.7. The van der Waals surface area contributed by atoms with Gasteiger partial charge in [-0.05, 0) is 64.0 Å². The van der Waals surface area contributed by atoms with E-state index in [1.807, 2.05) is 24.7 Å². The monoisotopic (exact) mass is 848 g/mol. The first kappa shape index (κ1) is 32.0. The van der Waals surface area contributed by atoms with Gasteiger partial charge in [-0.3, -0.25) is 8.79 Å². The van der Waals surface area contributed by atoms with E-state index >= 15 is 0 Å². The Morgan fingerprint density at radius 3 is 2.24 bits per heavy atom. The Kier molecular flexibility index (Phi) is 9.61. The smallest absolute Gasteiger partial charge is 0.211 e. The first-order chi connectivity index (χ1) is 24.1. The first-order valence-electron chi connectivity index (χ1n) is 17.7. The van der Waals surface area contributed by atoms with E-state index in [0.717, 1.165) is 33.4 Å². The van der Waals surface area contributed by atoms with Crippen LogP contribution in [0.2, 0.25) is 19.6 Å². The van der Waals surface area contributed by atoms with E-state index in [1.54, 1.807) is 12.1 Å². The fourth-order valence-corrected chi connectivity index (χ4v) is 7.16. The predicted octanol–water partition coefficient (Wildman–Crippen LogP) is 10.4. The van der Waals surface area contributed by atoms with E-state index in [2.05, 4.69) is 99.2 Å². The van der Waals surface area contributed by atoms with Gasteiger partial charge in [0.15, 0.2) is 0 Å². The maximum absolute atomic E-state index is 12.7. The molecule has 0 aliphatic rings. The molecule has 0 N–H and O–H groups in total. The first-order valence-corrected chi connectivity index (χ1v) is 19.7. The van der Waals surface area contributed by atoms with Crippen molar-refractivity contribution in [3.8, 4) is 33.6 Å². The van der Waals surface area contributed by atoms with Crippen molar-refractivity contribution in [3.05, 3.63) is 126 Å². The molecule has 0 bridgehead atoms. The van der Waals surface area contributed by atoms with Crippen LogP contribution in [0, 0.1) is 24.8 Å². The molecule has 4 aromatic heterocycles. The molecule has 49 heavy (non-hydrogen) atoms. The molecule has 1 radical (unpaired) electrons. The van der Waals surface area contributed by atoms with Crippen molar-refractivity contribution in [1.82, 2.24) is 19.4 Å². The number of fused-ring (bicyclic) bond motifs is 3. The second-order valence-electron chi connectivity index (χ2n) is 13.6. The molecule has 0 aliphatic carbocycles. The number of oxazole rings is 1. The minimum atomic E-state index is -2.15. The van der Waals surface area contributed by atoms with Crippen LogP contribution in [0.5, 0.6) is 0 Å². The minimum absolute atomic E-state index is 0. The van der Waals surface area contributed by atoms with Gasteiger partial charge >= 0.3 is 0 Å². The molecule has 0 amide bonds. The molecule has 3 aromatic carbocycles. The third-order valence-corrected chi connectivity index (χ3v) is 10.1. The number of pyridine rings is 2. The van der Waals surface area contributed by atoms with Crippen LogP contribution >= 0.6 is 0 Å². The van der Waals surface area contributed by atoms with Gasteiger partial charge in [0, 0.05) is 47.9 Å². The summed E-state index contributed by atoms with van der Waals surface area (Å²) in [5, 5.41) is 1.09. The van der Waals surface area contributed by atoms with Crippen molar-refractivity contribution >= 4 is 30.2 Å². The van der Waals surface area contributed by atoms with Gasteiger partial charge in [0.25, 0.3) is 0 Å². The molecule has 0 aliphatic heterocycles. The van der Waals surface area contributed by atoms with Crippen LogP contribution in [0.4, 0.5) is 4.39 Å². The van der Waals surface area contributed by atoms with Crippen LogP contribution in [-0.4, -0.2) is 27.4 Å². The number of hydrogen-bond donors (Lipinski definition) is 0. The summed E-state index contributed by atoms with van der Waals surface area (Å²) in [6, 6.07) is 28.3. The van der Waals surface area contributed by atoms with Gasteiger partial charge < -0.3 is 14.4 Å². The van der Waals surface area contributed by atoms with Crippen molar-refractivity contribution in [1.29, 1.82) is 0 Å². The molecule has 0 fully saturated rings. The maximum atomic E-state index is 12.7. The number of aryl methyl sites for hydroxylation is 1. The zero-order valence-corrected chi connectivity index (χ0v) is 32.1. The van der Waals surface area contributed by atoms with Crippen LogP contribution in [0.25, 0.3) is 50.5 Å². The van der Waals surface area contributed by atoms with E-state index in [0.29, 0.717) is 23.1 Å². The van der Waals surface area contributed by atoms with Gasteiger partial charge in [-0.15, -0.1) is 48.0 Å². The Morgan fingerprint density at radius 2 is 1.63 bits per heavy atom. The standard InChI is InChI=1S/C29H32N3OSi.C12H9FN.Ir/c1-18(2)21-10-8-11-22(19(3)4)26(21)20-14-15-30-24(16-20)23-12-9-13-25-27(23)33-29-28(34(5,6)7)31-17-32(25)29;1-9-2-7-12(14-8-9)10-3-5-11(13)6-4-10;/h8-11,13-19H,1-7H3;2-3,5-8H,1H3;/q2*-1;/i;1D3;. The van der Waals surface area contributed by atoms with Crippen LogP contribution in [0.1, 0.15) is 60.3 Å². The van der Waals surface area contributed by atoms with Gasteiger partial charge in [-0.25, -0.2) is 4.98 Å². The largest absolute Gasteiger partial charge is 0.485 e. The Hall–Kier alpha value is -4.23. The summed E-state index contributed by atoms with van der Waals surface area (Å²) in [5.74, 6) is 0.493. The number of nitrogens with zero attached hydrogens (tertiary/aromatic N) is 4. The van der Waals surface area contributed by atoms with Crippen molar-refractivity contribution in [2.75, 3.05) is 0 Å². The number of aromatic nitrogens is 4. The number of imidazole rings is 1. The predicted molar refractivity (Wildman–Crippen MR) is 197 cm³/mol. The quantitative estimate of drug-likeness (QED) is 0.124. The Bertz CT molecular complexity index is 2280. The molecule has 7 aromatic rings. The van der Waals surface area contributed by atoms with Crippen molar-refractivity contribution in [3.63, 3.8) is 0 Å². The number of benzene rings is 3. The number of hydrogen-bond acceptors (Lipinski definition) is 4. The van der Waals surface area contributed by atoms with Crippen molar-refractivity contribution < 1.29 is 33.0 Å². The Morgan fingerprint density at radius 1 is 0.878 bits per heavy atom. The van der Waals surface area contributed by atoms with E-state index in [9.17, 15) is 4.39 Å². The molecule has 0 saturated carbocycles. The summed E-state index contributed by atoms with van der Waals surface area (Å²) >= 11 is 0. The molecule has 0 saturated heterocycles. The summed E-state index contributed by atoms with van der Waals surface area (Å²) in [7, 11) is -1.64. The van der Waals surface area contributed by atoms with Gasteiger partial charge in [-0.2, -0.15) is 0 Å². The average molecular weight is 848 g/mol. The molecular formula is C41H41FIrN4OSi-2. The van der Waals surface area contributed by atoms with E-state index in [1.165, 1.54) is 46.6 Å². The number of halogens is 1. The van der Waals surface area contributed by atoms with Crippen molar-refractivity contribution in [2.45, 2.75) is 66.0 Å². The molecular weight excluding hydrogens is 804 g/mol. The fourth-order valence-electron chi connectivity index (χ4n) is 5.90. The average Bonchev–Trinajstić information content (AvgIpc) is 3.68. The van der Waals surface area contributed by atoms with Gasteiger partial charge in [0.05, 0.1) is 10.9 Å². The van der Waals surface area contributed by atoms with Gasteiger partial charge in [0.2, 0.25) is 5.71 Å². The molecule has 0 spiro atoms. The van der Waals surface area contributed by atoms with Crippen LogP contribution < -0.4 is 5.32 Å². The second-order valence-corrected chi connectivity index (χ2v) is 18.6. The molecule has 7 rings (SSSR count). The van der Waals surface area contributed by atoms with Gasteiger partial charge in [0.1, 0.15) is 14.4 Å². The van der Waals surface area contributed by atoms with Crippen molar-refractivity contribution in [2.24, 2.45) is 0 Å². The van der Waals surface area contributed by atoms with Crippen LogP contribution in [0.3, 0.4) is 0 Å². The molecule has 4 heterocycles. The molecule has 0 atom stereocenters. The molecule has 0 unspecified atom stereocenters. The fraction of sp³-hybridized carbons (Fsp3) is 0.244. The van der Waals surface area contributed by atoms with Crippen LogP contribution in [0.15, 0.2) is 95.9 Å². The molecule has 8 heteroatoms. The number of rotatable bonds is 6. The van der Waals surface area contributed by atoms with Gasteiger partial charge in [-0.1, -0.05) is 89.3 Å². The topological polar surface area (TPSA) is 56.2 Å². The summed E-state index contributed by atoms with van der Waals surface area (Å²) in [5.41, 5.74) is 11.0. The summed E-state index contributed by atoms with van der Waals surface area (Å²) in [6.45, 7) is 13.8. The molecule has 5 nitrogen and oxygen atoms in total. The minimum Gasteiger partial charge on any atom is -0.485 e. The summed E-state index contributed by atoms with van der Waals surface area (Å²) in [4.78, 5) is 13.5.